The van der Waals surface area contributed by atoms with Gasteiger partial charge in [-0.2, -0.15) is 0 Å². The molecule has 1 aliphatic rings. The van der Waals surface area contributed by atoms with Crippen molar-refractivity contribution in [1.29, 1.82) is 0 Å². The lowest BCUT2D eigenvalue weighted by molar-refractivity contribution is -0.136. The summed E-state index contributed by atoms with van der Waals surface area (Å²) < 4.78 is 5.02. The van der Waals surface area contributed by atoms with Gasteiger partial charge in [0.1, 0.15) is 0 Å². The van der Waals surface area contributed by atoms with Gasteiger partial charge in [0, 0.05) is 23.5 Å². The van der Waals surface area contributed by atoms with Gasteiger partial charge in [-0.1, -0.05) is 49.4 Å². The van der Waals surface area contributed by atoms with Crippen LogP contribution >= 0.6 is 0 Å². The highest BCUT2D eigenvalue weighted by Gasteiger charge is 2.36. The van der Waals surface area contributed by atoms with Crippen LogP contribution in [0, 0.1) is 0 Å². The van der Waals surface area contributed by atoms with E-state index in [0.717, 1.165) is 17.2 Å². The van der Waals surface area contributed by atoms with E-state index in [-0.39, 0.29) is 11.9 Å². The molecule has 4 rings (SSSR count). The van der Waals surface area contributed by atoms with E-state index in [1.807, 2.05) is 49.4 Å². The molecule has 174 valence electrons. The Balaban J connectivity index is 1.63. The summed E-state index contributed by atoms with van der Waals surface area (Å²) in [5, 5.41) is 7.87. The largest absolute Gasteiger partial charge is 0.466 e. The molecule has 0 bridgehead atoms. The van der Waals surface area contributed by atoms with Crippen LogP contribution in [0.3, 0.4) is 0 Å². The Bertz CT molecular complexity index is 1300. The van der Waals surface area contributed by atoms with Crippen LogP contribution in [0.5, 0.6) is 0 Å². The van der Waals surface area contributed by atoms with E-state index in [2.05, 4.69) is 10.6 Å². The summed E-state index contributed by atoms with van der Waals surface area (Å²) in [6.45, 7) is 4.21. The van der Waals surface area contributed by atoms with E-state index in [1.54, 1.807) is 36.1 Å². The molecule has 0 aliphatic carbocycles. The molecule has 0 unspecified atom stereocenters. The monoisotopic (exact) mass is 457 g/mol. The lowest BCUT2D eigenvalue weighted by Crippen LogP contribution is -2.48. The maximum absolute atomic E-state index is 12.9. The molecule has 3 aromatic rings. The Kier molecular flexibility index (Phi) is 6.63. The third-order valence-corrected chi connectivity index (χ3v) is 5.94. The summed E-state index contributed by atoms with van der Waals surface area (Å²) in [4.78, 5) is 39.9. The first-order valence-electron chi connectivity index (χ1n) is 11.2. The molecule has 3 aromatic carbocycles. The Morgan fingerprint density at radius 3 is 2.53 bits per heavy atom. The normalized spacial score (nSPS) is 15.8. The van der Waals surface area contributed by atoms with Crippen molar-refractivity contribution in [3.63, 3.8) is 0 Å². The molecule has 1 aliphatic heterocycles. The number of rotatable bonds is 6. The molecule has 0 saturated carbocycles. The number of hydrogen-bond acceptors (Lipinski definition) is 4. The average molecular weight is 458 g/mol. The summed E-state index contributed by atoms with van der Waals surface area (Å²) in [6, 6.07) is 19.5. The van der Waals surface area contributed by atoms with Crippen LogP contribution in [-0.4, -0.2) is 36.5 Å². The van der Waals surface area contributed by atoms with Crippen LogP contribution in [0.2, 0.25) is 0 Å². The lowest BCUT2D eigenvalue weighted by atomic mass is 9.94. The van der Waals surface area contributed by atoms with Gasteiger partial charge in [-0.05, 0) is 53.9 Å². The highest BCUT2D eigenvalue weighted by Crippen LogP contribution is 2.32. The van der Waals surface area contributed by atoms with Crippen molar-refractivity contribution < 1.29 is 19.1 Å². The predicted molar refractivity (Wildman–Crippen MR) is 131 cm³/mol. The van der Waals surface area contributed by atoms with Gasteiger partial charge < -0.3 is 15.4 Å². The van der Waals surface area contributed by atoms with Crippen molar-refractivity contribution >= 4 is 34.4 Å². The zero-order valence-corrected chi connectivity index (χ0v) is 19.4. The summed E-state index contributed by atoms with van der Waals surface area (Å²) in [5.74, 6) is -0.751. The smallest absolute Gasteiger partial charge is 0.337 e. The van der Waals surface area contributed by atoms with E-state index in [9.17, 15) is 14.4 Å². The van der Waals surface area contributed by atoms with Crippen LogP contribution in [0.25, 0.3) is 10.8 Å². The van der Waals surface area contributed by atoms with Crippen LogP contribution in [0.1, 0.15) is 42.2 Å². The van der Waals surface area contributed by atoms with Crippen LogP contribution in [-0.2, 0) is 9.53 Å². The fraction of sp³-hybridized carbons (Fsp3) is 0.222. The fourth-order valence-electron chi connectivity index (χ4n) is 4.23. The number of allylic oxidation sites excluding steroid dienone is 1. The molecule has 2 N–H and O–H groups in total. The number of fused-ring (bicyclic) bond motifs is 1. The van der Waals surface area contributed by atoms with Gasteiger partial charge in [-0.15, -0.1) is 0 Å². The van der Waals surface area contributed by atoms with Crippen molar-refractivity contribution in [3.05, 3.63) is 89.1 Å². The zero-order valence-electron chi connectivity index (χ0n) is 19.4. The van der Waals surface area contributed by atoms with Crippen LogP contribution in [0.4, 0.5) is 10.5 Å². The molecule has 3 amide bonds. The molecule has 1 atom stereocenters. The first-order valence-corrected chi connectivity index (χ1v) is 11.2. The van der Waals surface area contributed by atoms with Gasteiger partial charge in [-0.25, -0.2) is 9.59 Å². The van der Waals surface area contributed by atoms with Gasteiger partial charge >= 0.3 is 12.0 Å². The third kappa shape index (κ3) is 4.50. The third-order valence-electron chi connectivity index (χ3n) is 5.94. The molecule has 34 heavy (non-hydrogen) atoms. The minimum atomic E-state index is -0.689. The van der Waals surface area contributed by atoms with Crippen molar-refractivity contribution in [2.75, 3.05) is 19.0 Å². The summed E-state index contributed by atoms with van der Waals surface area (Å²) >= 11 is 0. The van der Waals surface area contributed by atoms with Gasteiger partial charge in [0.2, 0.25) is 0 Å². The zero-order chi connectivity index (χ0) is 24.2. The Morgan fingerprint density at radius 1 is 1.03 bits per heavy atom. The highest BCUT2D eigenvalue weighted by atomic mass is 16.5. The number of ether oxygens (including phenoxy) is 1. The topological polar surface area (TPSA) is 87.7 Å². The first kappa shape index (κ1) is 23.0. The number of methoxy groups -OCH3 is 1. The van der Waals surface area contributed by atoms with Gasteiger partial charge in [0.15, 0.2) is 0 Å². The molecular formula is C27H27N3O4. The Hall–Kier alpha value is -4.13. The van der Waals surface area contributed by atoms with E-state index in [0.29, 0.717) is 34.6 Å². The molecule has 0 fully saturated rings. The minimum absolute atomic E-state index is 0.246. The van der Waals surface area contributed by atoms with Crippen molar-refractivity contribution in [2.24, 2.45) is 0 Å². The summed E-state index contributed by atoms with van der Waals surface area (Å²) in [7, 11) is 1.32. The number of carbonyl (C=O) groups excluding carboxylic acids is 3. The van der Waals surface area contributed by atoms with Gasteiger partial charge in [-0.3, -0.25) is 9.69 Å². The fourth-order valence-corrected chi connectivity index (χ4v) is 4.23. The van der Waals surface area contributed by atoms with E-state index >= 15 is 0 Å². The second kappa shape index (κ2) is 9.79. The first-order chi connectivity index (χ1) is 16.4. The Labute approximate surface area is 198 Å². The number of benzene rings is 3. The maximum atomic E-state index is 12.9. The Morgan fingerprint density at radius 2 is 1.79 bits per heavy atom. The van der Waals surface area contributed by atoms with E-state index in [4.69, 9.17) is 4.74 Å². The van der Waals surface area contributed by atoms with E-state index in [1.165, 1.54) is 7.11 Å². The van der Waals surface area contributed by atoms with Crippen molar-refractivity contribution in [3.8, 4) is 0 Å². The summed E-state index contributed by atoms with van der Waals surface area (Å²) in [6.07, 6.45) is 0.750. The number of amides is 3. The molecule has 7 nitrogen and oxygen atoms in total. The minimum Gasteiger partial charge on any atom is -0.466 e. The number of urea groups is 1. The molecule has 1 heterocycles. The number of esters is 1. The molecule has 0 saturated heterocycles. The number of nitrogens with one attached hydrogen (secondary N) is 2. The second-order valence-corrected chi connectivity index (χ2v) is 8.17. The SMILES string of the molecule is CCCN1C(=O)N[C@@H](c2cccc(NC(=O)c3ccc4ccccc4c3)c2)C(C(=O)OC)=C1C. The molecule has 0 radical (unpaired) electrons. The number of nitrogens with zero attached hydrogens (tertiary/aromatic N) is 1. The molecule has 7 heteroatoms. The number of carbonyl (C=O) groups is 3. The maximum Gasteiger partial charge on any atom is 0.337 e. The quantitative estimate of drug-likeness (QED) is 0.509. The molecule has 0 aromatic heterocycles. The van der Waals surface area contributed by atoms with Crippen LogP contribution < -0.4 is 10.6 Å². The van der Waals surface area contributed by atoms with Crippen LogP contribution in [0.15, 0.2) is 78.0 Å². The van der Waals surface area contributed by atoms with Crippen molar-refractivity contribution in [1.82, 2.24) is 10.2 Å². The summed E-state index contributed by atoms with van der Waals surface area (Å²) in [5.41, 5.74) is 2.70. The van der Waals surface area contributed by atoms with Gasteiger partial charge in [0.25, 0.3) is 5.91 Å². The molecule has 0 spiro atoms. The number of hydrogen-bond donors (Lipinski definition) is 2. The number of anilines is 1. The van der Waals surface area contributed by atoms with Crippen molar-refractivity contribution in [2.45, 2.75) is 26.3 Å². The lowest BCUT2D eigenvalue weighted by Gasteiger charge is -2.35. The average Bonchev–Trinajstić information content (AvgIpc) is 2.85. The highest BCUT2D eigenvalue weighted by molar-refractivity contribution is 6.06. The second-order valence-electron chi connectivity index (χ2n) is 8.17. The predicted octanol–water partition coefficient (Wildman–Crippen LogP) is 5.02. The standard InChI is InChI=1S/C27H27N3O4/c1-4-14-30-17(2)23(26(32)34-3)24(29-27(30)33)20-10-7-11-22(16-20)28-25(31)21-13-12-18-8-5-6-9-19(18)15-21/h5-13,15-16,24H,4,14H2,1-3H3,(H,28,31)(H,29,33)/t24-/m0/s1. The van der Waals surface area contributed by atoms with E-state index < -0.39 is 12.0 Å². The van der Waals surface area contributed by atoms with Gasteiger partial charge in [0.05, 0.1) is 18.7 Å². The molecular weight excluding hydrogens is 430 g/mol.